The first-order valence-corrected chi connectivity index (χ1v) is 11.2. The lowest BCUT2D eigenvalue weighted by molar-refractivity contribution is 1.24. The van der Waals surface area contributed by atoms with Crippen LogP contribution < -0.4 is 9.34 Å². The first-order chi connectivity index (χ1) is 13.4. The molecule has 0 spiro atoms. The molecule has 1 aliphatic heterocycles. The number of rotatable bonds is 3. The summed E-state index contributed by atoms with van der Waals surface area (Å²) >= 11 is 0. The van der Waals surface area contributed by atoms with Crippen LogP contribution in [0.3, 0.4) is 0 Å². The van der Waals surface area contributed by atoms with Gasteiger partial charge >= 0.3 is 0 Å². The minimum absolute atomic E-state index is 0.408. The molecule has 0 saturated carbocycles. The second-order valence-electron chi connectivity index (χ2n) is 8.06. The lowest BCUT2D eigenvalue weighted by Crippen LogP contribution is -2.23. The molecule has 2 aliphatic rings. The smallest absolute Gasteiger partial charge is 0.115 e. The van der Waals surface area contributed by atoms with Crippen molar-refractivity contribution in [1.82, 2.24) is 0 Å². The molecule has 0 radical (unpaired) electrons. The van der Waals surface area contributed by atoms with Crippen molar-refractivity contribution in [3.05, 3.63) is 94.4 Å². The van der Waals surface area contributed by atoms with Gasteiger partial charge in [0.25, 0.3) is 0 Å². The molecule has 1 heterocycles. The second-order valence-corrected chi connectivity index (χ2v) is 10.2. The highest BCUT2D eigenvalue weighted by Gasteiger charge is 2.36. The molecule has 0 fully saturated rings. The highest BCUT2D eigenvalue weighted by atomic mass is 31.1. The van der Waals surface area contributed by atoms with Gasteiger partial charge in [-0.25, -0.2) is 0 Å². The molecule has 2 aromatic carbocycles. The Morgan fingerprint density at radius 2 is 0.964 bits per heavy atom. The maximum absolute atomic E-state index is 2.53. The first-order valence-electron chi connectivity index (χ1n) is 9.93. The number of allylic oxidation sites excluding steroid dienone is 4. The van der Waals surface area contributed by atoms with Crippen LogP contribution in [-0.2, 0) is 0 Å². The zero-order valence-electron chi connectivity index (χ0n) is 17.7. The lowest BCUT2D eigenvalue weighted by atomic mass is 10.1. The van der Waals surface area contributed by atoms with Gasteiger partial charge in [0.2, 0.25) is 0 Å². The normalized spacial score (nSPS) is 16.8. The molecule has 0 atom stereocenters. The summed E-state index contributed by atoms with van der Waals surface area (Å²) in [7, 11) is -0.628. The van der Waals surface area contributed by atoms with E-state index >= 15 is 0 Å². The standard InChI is InChI=1S/C25H29N2P/c1-17-13-19(3)24(20(4)14-17)26-11-12-27(28(26)23-9-7-8-10-23)25-21(5)15-18(2)16-22(25)6/h7-16,23H,1-6H3. The fraction of sp³-hybridized carbons (Fsp3) is 0.280. The van der Waals surface area contributed by atoms with Gasteiger partial charge < -0.3 is 9.34 Å². The number of hydrogen-bond donors (Lipinski definition) is 0. The summed E-state index contributed by atoms with van der Waals surface area (Å²) in [6.45, 7) is 13.3. The lowest BCUT2D eigenvalue weighted by Gasteiger charge is -2.37. The molecule has 2 aromatic rings. The molecule has 0 amide bonds. The van der Waals surface area contributed by atoms with Crippen molar-refractivity contribution in [3.63, 3.8) is 0 Å². The summed E-state index contributed by atoms with van der Waals surface area (Å²) < 4.78 is 5.06. The number of anilines is 2. The summed E-state index contributed by atoms with van der Waals surface area (Å²) in [4.78, 5) is 0. The molecule has 4 rings (SSSR count). The van der Waals surface area contributed by atoms with Crippen LogP contribution in [0.5, 0.6) is 0 Å². The van der Waals surface area contributed by atoms with Gasteiger partial charge in [0.1, 0.15) is 8.22 Å². The summed E-state index contributed by atoms with van der Waals surface area (Å²) in [6, 6.07) is 9.20. The fourth-order valence-corrected chi connectivity index (χ4v) is 7.37. The van der Waals surface area contributed by atoms with Crippen molar-refractivity contribution in [3.8, 4) is 0 Å². The van der Waals surface area contributed by atoms with E-state index in [1.165, 1.54) is 44.8 Å². The van der Waals surface area contributed by atoms with Gasteiger partial charge in [0.15, 0.2) is 0 Å². The van der Waals surface area contributed by atoms with E-state index < -0.39 is 8.22 Å². The minimum Gasteiger partial charge on any atom is -0.306 e. The van der Waals surface area contributed by atoms with E-state index in [2.05, 4.69) is 112 Å². The van der Waals surface area contributed by atoms with Crippen molar-refractivity contribution in [1.29, 1.82) is 0 Å². The highest BCUT2D eigenvalue weighted by molar-refractivity contribution is 7.63. The molecular weight excluding hydrogens is 359 g/mol. The van der Waals surface area contributed by atoms with E-state index in [0.717, 1.165) is 0 Å². The SMILES string of the molecule is Cc1cc(C)c(N2C=CN(c3c(C)cc(C)cc3C)P2C2C=CC=C2)c(C)c1. The predicted octanol–water partition coefficient (Wildman–Crippen LogP) is 7.14. The quantitative estimate of drug-likeness (QED) is 0.516. The van der Waals surface area contributed by atoms with Gasteiger partial charge in [-0.2, -0.15) is 0 Å². The van der Waals surface area contributed by atoms with E-state index in [1.54, 1.807) is 0 Å². The number of benzene rings is 2. The van der Waals surface area contributed by atoms with Crippen molar-refractivity contribution in [2.75, 3.05) is 9.34 Å². The summed E-state index contributed by atoms with van der Waals surface area (Å²) in [5, 5.41) is 0. The third-order valence-electron chi connectivity index (χ3n) is 5.51. The Labute approximate surface area is 170 Å². The molecule has 28 heavy (non-hydrogen) atoms. The Bertz CT molecular complexity index is 890. The van der Waals surface area contributed by atoms with Gasteiger partial charge in [-0.3, -0.25) is 0 Å². The second kappa shape index (κ2) is 7.26. The fourth-order valence-electron chi connectivity index (χ4n) is 4.65. The molecule has 3 heteroatoms. The Morgan fingerprint density at radius 3 is 1.32 bits per heavy atom. The van der Waals surface area contributed by atoms with Gasteiger partial charge in [-0.1, -0.05) is 59.7 Å². The van der Waals surface area contributed by atoms with Gasteiger partial charge in [0.05, 0.1) is 17.0 Å². The molecular formula is C25H29N2P. The Hall–Kier alpha value is -2.31. The van der Waals surface area contributed by atoms with E-state index in [0.29, 0.717) is 5.66 Å². The third kappa shape index (κ3) is 3.20. The molecule has 144 valence electrons. The summed E-state index contributed by atoms with van der Waals surface area (Å²) in [5.74, 6) is 0. The molecule has 1 aliphatic carbocycles. The third-order valence-corrected chi connectivity index (χ3v) is 7.94. The van der Waals surface area contributed by atoms with Crippen LogP contribution in [0.2, 0.25) is 0 Å². The average Bonchev–Trinajstić information content (AvgIpc) is 3.23. The topological polar surface area (TPSA) is 6.48 Å². The summed E-state index contributed by atoms with van der Waals surface area (Å²) in [6.07, 6.45) is 13.6. The van der Waals surface area contributed by atoms with Crippen LogP contribution >= 0.6 is 8.22 Å². The van der Waals surface area contributed by atoms with Crippen LogP contribution in [-0.4, -0.2) is 5.66 Å². The zero-order valence-corrected chi connectivity index (χ0v) is 18.6. The summed E-state index contributed by atoms with van der Waals surface area (Å²) in [5.41, 5.74) is 11.2. The Balaban J connectivity index is 1.84. The maximum atomic E-state index is 2.53. The van der Waals surface area contributed by atoms with E-state index in [4.69, 9.17) is 0 Å². The maximum Gasteiger partial charge on any atom is 0.115 e. The monoisotopic (exact) mass is 388 g/mol. The first kappa shape index (κ1) is 19.0. The largest absolute Gasteiger partial charge is 0.306 e. The van der Waals surface area contributed by atoms with Crippen molar-refractivity contribution in [2.24, 2.45) is 0 Å². The van der Waals surface area contributed by atoms with Crippen molar-refractivity contribution >= 4 is 19.6 Å². The average molecular weight is 388 g/mol. The Morgan fingerprint density at radius 1 is 0.607 bits per heavy atom. The van der Waals surface area contributed by atoms with Crippen molar-refractivity contribution < 1.29 is 0 Å². The predicted molar refractivity (Wildman–Crippen MR) is 124 cm³/mol. The molecule has 0 saturated heterocycles. The van der Waals surface area contributed by atoms with Gasteiger partial charge in [-0.15, -0.1) is 0 Å². The zero-order chi connectivity index (χ0) is 20.0. The molecule has 2 nitrogen and oxygen atoms in total. The highest BCUT2D eigenvalue weighted by Crippen LogP contribution is 2.60. The van der Waals surface area contributed by atoms with E-state index in [-0.39, 0.29) is 0 Å². The van der Waals surface area contributed by atoms with Crippen LogP contribution in [0.15, 0.2) is 61.0 Å². The minimum atomic E-state index is -0.628. The van der Waals surface area contributed by atoms with Crippen molar-refractivity contribution in [2.45, 2.75) is 47.2 Å². The number of hydrogen-bond acceptors (Lipinski definition) is 2. The van der Waals surface area contributed by atoms with Crippen LogP contribution in [0.4, 0.5) is 11.4 Å². The van der Waals surface area contributed by atoms with Crippen LogP contribution in [0.25, 0.3) is 0 Å². The number of aryl methyl sites for hydroxylation is 6. The number of nitrogens with zero attached hydrogens (tertiary/aromatic N) is 2. The van der Waals surface area contributed by atoms with E-state index in [1.807, 2.05) is 0 Å². The van der Waals surface area contributed by atoms with E-state index in [9.17, 15) is 0 Å². The molecule has 0 N–H and O–H groups in total. The molecule has 0 bridgehead atoms. The Kier molecular flexibility index (Phi) is 4.93. The molecule has 0 aromatic heterocycles. The molecule has 0 unspecified atom stereocenters. The van der Waals surface area contributed by atoms with Crippen LogP contribution in [0, 0.1) is 41.5 Å². The van der Waals surface area contributed by atoms with Gasteiger partial charge in [-0.05, 0) is 63.8 Å². The van der Waals surface area contributed by atoms with Crippen LogP contribution in [0.1, 0.15) is 33.4 Å². The van der Waals surface area contributed by atoms with Gasteiger partial charge in [0, 0.05) is 12.4 Å².